The molecule has 0 saturated heterocycles. The lowest BCUT2D eigenvalue weighted by atomic mass is 10.2. The van der Waals surface area contributed by atoms with Crippen LogP contribution in [0.25, 0.3) is 0 Å². The van der Waals surface area contributed by atoms with Crippen LogP contribution in [0.3, 0.4) is 0 Å². The lowest BCUT2D eigenvalue weighted by molar-refractivity contribution is -0.386. The largest absolute Gasteiger partial charge is 0.460 e. The molecule has 1 rings (SSSR count). The highest BCUT2D eigenvalue weighted by Crippen LogP contribution is 2.09. The molecular formula is C12H16N2O5. The molecule has 0 amide bonds. The maximum absolute atomic E-state index is 11.5. The molecule has 1 heterocycles. The summed E-state index contributed by atoms with van der Waals surface area (Å²) >= 11 is 0. The molecular weight excluding hydrogens is 252 g/mol. The molecule has 0 N–H and O–H groups in total. The van der Waals surface area contributed by atoms with Crippen molar-refractivity contribution in [2.24, 2.45) is 0 Å². The number of ether oxygens (including phenoxy) is 1. The predicted octanol–water partition coefficient (Wildman–Crippen LogP) is 1.49. The van der Waals surface area contributed by atoms with E-state index >= 15 is 0 Å². The summed E-state index contributed by atoms with van der Waals surface area (Å²) in [5.74, 6) is -0.395. The number of rotatable bonds is 4. The number of hydrogen-bond donors (Lipinski definition) is 0. The first-order valence-corrected chi connectivity index (χ1v) is 5.75. The van der Waals surface area contributed by atoms with E-state index in [1.807, 2.05) is 0 Å². The van der Waals surface area contributed by atoms with Crippen molar-refractivity contribution in [2.45, 2.75) is 39.3 Å². The van der Waals surface area contributed by atoms with Crippen molar-refractivity contribution >= 4 is 11.7 Å². The molecule has 0 aliphatic heterocycles. The Morgan fingerprint density at radius 3 is 2.63 bits per heavy atom. The lowest BCUT2D eigenvalue weighted by Gasteiger charge is -2.19. The Morgan fingerprint density at radius 1 is 1.47 bits per heavy atom. The van der Waals surface area contributed by atoms with Crippen LogP contribution in [0, 0.1) is 10.1 Å². The van der Waals surface area contributed by atoms with Gasteiger partial charge >= 0.3 is 11.7 Å². The molecule has 0 aliphatic carbocycles. The number of hydrogen-bond acceptors (Lipinski definition) is 5. The van der Waals surface area contributed by atoms with Crippen molar-refractivity contribution in [1.82, 2.24) is 4.57 Å². The number of pyridine rings is 1. The van der Waals surface area contributed by atoms with E-state index < -0.39 is 27.6 Å². The topological polar surface area (TPSA) is 91.4 Å². The molecule has 0 radical (unpaired) electrons. The van der Waals surface area contributed by atoms with E-state index in [1.54, 1.807) is 20.8 Å². The van der Waals surface area contributed by atoms with Gasteiger partial charge in [-0.05, 0) is 20.8 Å². The fourth-order valence-electron chi connectivity index (χ4n) is 1.40. The highest BCUT2D eigenvalue weighted by molar-refractivity contribution is 5.69. The maximum Gasteiger partial charge on any atom is 0.332 e. The average Bonchev–Trinajstić information content (AvgIpc) is 2.25. The molecule has 0 fully saturated rings. The Bertz CT molecular complexity index is 542. The zero-order chi connectivity index (χ0) is 14.6. The van der Waals surface area contributed by atoms with Crippen molar-refractivity contribution in [3.63, 3.8) is 0 Å². The summed E-state index contributed by atoms with van der Waals surface area (Å²) in [6.07, 6.45) is 2.60. The summed E-state index contributed by atoms with van der Waals surface area (Å²) in [6.45, 7) is 5.50. The first kappa shape index (κ1) is 14.9. The summed E-state index contributed by atoms with van der Waals surface area (Å²) in [5, 5.41) is 10.6. The summed E-state index contributed by atoms with van der Waals surface area (Å²) < 4.78 is 6.53. The Kier molecular flexibility index (Phi) is 4.42. The standard InChI is InChI=1S/C12H16N2O5/c1-12(2,3)19-11(16)5-7-13-6-4-10(15)9(8-13)14(17)18/h4,6,8H,5,7H2,1-3H3. The molecule has 0 bridgehead atoms. The zero-order valence-corrected chi connectivity index (χ0v) is 11.1. The van der Waals surface area contributed by atoms with Crippen LogP contribution < -0.4 is 5.43 Å². The van der Waals surface area contributed by atoms with Crippen molar-refractivity contribution in [1.29, 1.82) is 0 Å². The van der Waals surface area contributed by atoms with Gasteiger partial charge in [0.1, 0.15) is 5.60 Å². The van der Waals surface area contributed by atoms with E-state index in [4.69, 9.17) is 4.74 Å². The fourth-order valence-corrected chi connectivity index (χ4v) is 1.40. The van der Waals surface area contributed by atoms with Gasteiger partial charge in [-0.15, -0.1) is 0 Å². The van der Waals surface area contributed by atoms with Crippen LogP contribution >= 0.6 is 0 Å². The molecule has 104 valence electrons. The highest BCUT2D eigenvalue weighted by atomic mass is 16.6. The van der Waals surface area contributed by atoms with Gasteiger partial charge in [-0.25, -0.2) is 0 Å². The number of carbonyl (C=O) groups excluding carboxylic acids is 1. The van der Waals surface area contributed by atoms with Gasteiger partial charge in [-0.3, -0.25) is 19.7 Å². The molecule has 0 spiro atoms. The van der Waals surface area contributed by atoms with E-state index in [0.29, 0.717) is 0 Å². The molecule has 0 aliphatic rings. The first-order chi connectivity index (χ1) is 8.69. The second kappa shape index (κ2) is 5.64. The van der Waals surface area contributed by atoms with Crippen molar-refractivity contribution in [3.05, 3.63) is 38.8 Å². The summed E-state index contributed by atoms with van der Waals surface area (Å²) in [5.41, 5.74) is -1.72. The minimum Gasteiger partial charge on any atom is -0.460 e. The van der Waals surface area contributed by atoms with E-state index in [2.05, 4.69) is 0 Å². The molecule has 7 heteroatoms. The van der Waals surface area contributed by atoms with E-state index in [9.17, 15) is 19.7 Å². The average molecular weight is 268 g/mol. The fraction of sp³-hybridized carbons (Fsp3) is 0.500. The van der Waals surface area contributed by atoms with Crippen LogP contribution in [0.5, 0.6) is 0 Å². The van der Waals surface area contributed by atoms with Gasteiger partial charge < -0.3 is 9.30 Å². The van der Waals surface area contributed by atoms with Crippen molar-refractivity contribution in [3.8, 4) is 0 Å². The normalized spacial score (nSPS) is 11.1. The van der Waals surface area contributed by atoms with Gasteiger partial charge in [0.25, 0.3) is 5.43 Å². The zero-order valence-electron chi connectivity index (χ0n) is 11.1. The summed E-state index contributed by atoms with van der Waals surface area (Å²) in [4.78, 5) is 32.5. The molecule has 1 aromatic heterocycles. The quantitative estimate of drug-likeness (QED) is 0.468. The maximum atomic E-state index is 11.5. The SMILES string of the molecule is CC(C)(C)OC(=O)CCn1ccc(=O)c([N+](=O)[O-])c1. The number of esters is 1. The Labute approximate surface area is 110 Å². The van der Waals surface area contributed by atoms with Gasteiger partial charge in [0.05, 0.1) is 17.5 Å². The third-order valence-electron chi connectivity index (χ3n) is 2.15. The van der Waals surface area contributed by atoms with Gasteiger partial charge in [0.2, 0.25) is 0 Å². The van der Waals surface area contributed by atoms with E-state index in [-0.39, 0.29) is 13.0 Å². The number of nitrogens with zero attached hydrogens (tertiary/aromatic N) is 2. The minimum absolute atomic E-state index is 0.0806. The van der Waals surface area contributed by atoms with Crippen LogP contribution in [0.1, 0.15) is 27.2 Å². The number of nitro groups is 1. The molecule has 1 aromatic rings. The summed E-state index contributed by atoms with van der Waals surface area (Å²) in [6, 6.07) is 1.10. The predicted molar refractivity (Wildman–Crippen MR) is 67.8 cm³/mol. The number of aryl methyl sites for hydroxylation is 1. The molecule has 19 heavy (non-hydrogen) atoms. The molecule has 0 unspecified atom stereocenters. The van der Waals surface area contributed by atoms with Crippen molar-refractivity contribution < 1.29 is 14.5 Å². The molecule has 0 saturated carbocycles. The lowest BCUT2D eigenvalue weighted by Crippen LogP contribution is -2.24. The van der Waals surface area contributed by atoms with Crippen LogP contribution in [-0.4, -0.2) is 21.1 Å². The molecule has 7 nitrogen and oxygen atoms in total. The molecule has 0 atom stereocenters. The second-order valence-corrected chi connectivity index (χ2v) is 5.03. The van der Waals surface area contributed by atoms with E-state index in [1.165, 1.54) is 10.8 Å². The third kappa shape index (κ3) is 4.90. The van der Waals surface area contributed by atoms with Gasteiger partial charge in [0, 0.05) is 18.8 Å². The third-order valence-corrected chi connectivity index (χ3v) is 2.15. The van der Waals surface area contributed by atoms with E-state index in [0.717, 1.165) is 12.3 Å². The minimum atomic E-state index is -0.744. The first-order valence-electron chi connectivity index (χ1n) is 5.75. The number of aromatic nitrogens is 1. The summed E-state index contributed by atoms with van der Waals surface area (Å²) in [7, 11) is 0. The highest BCUT2D eigenvalue weighted by Gasteiger charge is 2.16. The van der Waals surface area contributed by atoms with Crippen LogP contribution in [0.15, 0.2) is 23.3 Å². The van der Waals surface area contributed by atoms with Crippen LogP contribution in [0.4, 0.5) is 5.69 Å². The molecule has 0 aromatic carbocycles. The van der Waals surface area contributed by atoms with Gasteiger partial charge in [0.15, 0.2) is 0 Å². The van der Waals surface area contributed by atoms with Crippen LogP contribution in [0.2, 0.25) is 0 Å². The second-order valence-electron chi connectivity index (χ2n) is 5.03. The van der Waals surface area contributed by atoms with Gasteiger partial charge in [-0.1, -0.05) is 0 Å². The monoisotopic (exact) mass is 268 g/mol. The van der Waals surface area contributed by atoms with Crippen LogP contribution in [-0.2, 0) is 16.1 Å². The Morgan fingerprint density at radius 2 is 2.11 bits per heavy atom. The number of carbonyl (C=O) groups is 1. The smallest absolute Gasteiger partial charge is 0.332 e. The van der Waals surface area contributed by atoms with Crippen molar-refractivity contribution in [2.75, 3.05) is 0 Å². The Hall–Kier alpha value is -2.18. The van der Waals surface area contributed by atoms with Gasteiger partial charge in [-0.2, -0.15) is 0 Å². The Balaban J connectivity index is 2.69.